The summed E-state index contributed by atoms with van der Waals surface area (Å²) in [5.41, 5.74) is 0.925. The van der Waals surface area contributed by atoms with Crippen molar-refractivity contribution in [1.82, 2.24) is 0 Å². The molecular weight excluding hydrogens is 168 g/mol. The highest BCUT2D eigenvalue weighted by Crippen LogP contribution is 2.33. The smallest absolute Gasteiger partial charge is 0.316 e. The molecule has 68 valence electrons. The molecule has 0 aliphatic carbocycles. The number of carbonyl (C=O) groups excluding carboxylic acids is 1. The van der Waals surface area contributed by atoms with Gasteiger partial charge in [0.05, 0.1) is 7.11 Å². The van der Waals surface area contributed by atoms with Gasteiger partial charge in [-0.3, -0.25) is 4.79 Å². The molecule has 0 spiro atoms. The van der Waals surface area contributed by atoms with Gasteiger partial charge in [0.15, 0.2) is 0 Å². The van der Waals surface area contributed by atoms with E-state index in [0.717, 1.165) is 11.3 Å². The molecule has 1 heterocycles. The van der Waals surface area contributed by atoms with Crippen molar-refractivity contribution in [2.45, 2.75) is 5.92 Å². The van der Waals surface area contributed by atoms with Gasteiger partial charge in [-0.1, -0.05) is 18.2 Å². The van der Waals surface area contributed by atoms with Crippen LogP contribution in [0, 0.1) is 0 Å². The van der Waals surface area contributed by atoms with E-state index in [-0.39, 0.29) is 11.9 Å². The summed E-state index contributed by atoms with van der Waals surface area (Å²) in [5.74, 6) is 0.309. The van der Waals surface area contributed by atoms with Crippen LogP contribution in [0.3, 0.4) is 0 Å². The Balaban J connectivity index is 2.33. The lowest BCUT2D eigenvalue weighted by Gasteiger charge is -2.04. The standard InChI is InChI=1S/C10H10O3/c1-12-10(11)8-6-13-9-5-3-2-4-7(8)9/h2-5,8H,6H2,1H3. The van der Waals surface area contributed by atoms with Crippen molar-refractivity contribution in [2.24, 2.45) is 0 Å². The highest BCUT2D eigenvalue weighted by Gasteiger charge is 2.30. The van der Waals surface area contributed by atoms with Gasteiger partial charge >= 0.3 is 5.97 Å². The molecule has 3 nitrogen and oxygen atoms in total. The normalized spacial score (nSPS) is 19.0. The fourth-order valence-corrected chi connectivity index (χ4v) is 1.50. The molecule has 1 aliphatic rings. The van der Waals surface area contributed by atoms with Crippen LogP contribution in [-0.4, -0.2) is 19.7 Å². The van der Waals surface area contributed by atoms with E-state index in [4.69, 9.17) is 4.74 Å². The van der Waals surface area contributed by atoms with Crippen molar-refractivity contribution >= 4 is 5.97 Å². The number of benzene rings is 1. The largest absolute Gasteiger partial charge is 0.492 e. The summed E-state index contributed by atoms with van der Waals surface area (Å²) in [7, 11) is 1.39. The van der Waals surface area contributed by atoms with Gasteiger partial charge in [0.25, 0.3) is 0 Å². The fourth-order valence-electron chi connectivity index (χ4n) is 1.50. The first-order valence-electron chi connectivity index (χ1n) is 4.12. The van der Waals surface area contributed by atoms with Gasteiger partial charge in [0.1, 0.15) is 18.3 Å². The minimum Gasteiger partial charge on any atom is -0.492 e. The third-order valence-corrected chi connectivity index (χ3v) is 2.19. The van der Waals surface area contributed by atoms with Crippen LogP contribution in [0.15, 0.2) is 24.3 Å². The van der Waals surface area contributed by atoms with Gasteiger partial charge in [-0.15, -0.1) is 0 Å². The molecule has 3 heteroatoms. The van der Waals surface area contributed by atoms with Crippen LogP contribution < -0.4 is 4.74 Å². The number of hydrogen-bond donors (Lipinski definition) is 0. The maximum absolute atomic E-state index is 11.3. The van der Waals surface area contributed by atoms with E-state index in [1.165, 1.54) is 7.11 Å². The van der Waals surface area contributed by atoms with Crippen molar-refractivity contribution in [1.29, 1.82) is 0 Å². The van der Waals surface area contributed by atoms with Crippen molar-refractivity contribution in [3.05, 3.63) is 29.8 Å². The number of methoxy groups -OCH3 is 1. The second-order valence-corrected chi connectivity index (χ2v) is 2.92. The van der Waals surface area contributed by atoms with Crippen LogP contribution in [0.2, 0.25) is 0 Å². The Labute approximate surface area is 76.3 Å². The van der Waals surface area contributed by atoms with Gasteiger partial charge in [-0.2, -0.15) is 0 Å². The molecule has 1 aromatic carbocycles. The SMILES string of the molecule is COC(=O)C1COc2ccccc21. The number of para-hydroxylation sites is 1. The Kier molecular flexibility index (Phi) is 1.93. The lowest BCUT2D eigenvalue weighted by atomic mass is 10.0. The van der Waals surface area contributed by atoms with Gasteiger partial charge < -0.3 is 9.47 Å². The van der Waals surface area contributed by atoms with E-state index < -0.39 is 0 Å². The summed E-state index contributed by atoms with van der Waals surface area (Å²) in [4.78, 5) is 11.3. The van der Waals surface area contributed by atoms with Crippen LogP contribution in [0.5, 0.6) is 5.75 Å². The molecule has 1 atom stereocenters. The average molecular weight is 178 g/mol. The first-order valence-corrected chi connectivity index (χ1v) is 4.12. The molecule has 2 rings (SSSR count). The number of esters is 1. The molecule has 0 saturated heterocycles. The summed E-state index contributed by atoms with van der Waals surface area (Å²) in [5, 5.41) is 0. The third-order valence-electron chi connectivity index (χ3n) is 2.19. The number of ether oxygens (including phenoxy) is 2. The zero-order chi connectivity index (χ0) is 9.26. The van der Waals surface area contributed by atoms with Crippen LogP contribution in [0.1, 0.15) is 11.5 Å². The number of hydrogen-bond acceptors (Lipinski definition) is 3. The lowest BCUT2D eigenvalue weighted by Crippen LogP contribution is -2.15. The Bertz CT molecular complexity index is 333. The quantitative estimate of drug-likeness (QED) is 0.609. The van der Waals surface area contributed by atoms with Gasteiger partial charge in [-0.25, -0.2) is 0 Å². The van der Waals surface area contributed by atoms with E-state index in [1.54, 1.807) is 0 Å². The molecule has 1 aliphatic heterocycles. The van der Waals surface area contributed by atoms with E-state index in [9.17, 15) is 4.79 Å². The summed E-state index contributed by atoms with van der Waals surface area (Å²) in [6.45, 7) is 0.395. The molecule has 0 amide bonds. The Hall–Kier alpha value is -1.51. The van der Waals surface area contributed by atoms with Crippen molar-refractivity contribution in [3.8, 4) is 5.75 Å². The molecular formula is C10H10O3. The van der Waals surface area contributed by atoms with E-state index >= 15 is 0 Å². The van der Waals surface area contributed by atoms with Crippen LogP contribution in [0.25, 0.3) is 0 Å². The Morgan fingerprint density at radius 2 is 2.31 bits per heavy atom. The highest BCUT2D eigenvalue weighted by molar-refractivity contribution is 5.80. The van der Waals surface area contributed by atoms with Gasteiger partial charge in [0.2, 0.25) is 0 Å². The maximum atomic E-state index is 11.3. The molecule has 0 bridgehead atoms. The van der Waals surface area contributed by atoms with E-state index in [0.29, 0.717) is 6.61 Å². The summed E-state index contributed by atoms with van der Waals surface area (Å²) in [6, 6.07) is 7.53. The minimum absolute atomic E-state index is 0.232. The van der Waals surface area contributed by atoms with Gasteiger partial charge in [-0.05, 0) is 6.07 Å². The topological polar surface area (TPSA) is 35.5 Å². The van der Waals surface area contributed by atoms with Crippen molar-refractivity contribution in [3.63, 3.8) is 0 Å². The van der Waals surface area contributed by atoms with Crippen LogP contribution >= 0.6 is 0 Å². The predicted molar refractivity (Wildman–Crippen MR) is 46.7 cm³/mol. The van der Waals surface area contributed by atoms with Crippen molar-refractivity contribution in [2.75, 3.05) is 13.7 Å². The zero-order valence-corrected chi connectivity index (χ0v) is 7.32. The second kappa shape index (κ2) is 3.09. The highest BCUT2D eigenvalue weighted by atomic mass is 16.5. The molecule has 0 aromatic heterocycles. The Morgan fingerprint density at radius 1 is 1.54 bits per heavy atom. The molecule has 0 saturated carbocycles. The lowest BCUT2D eigenvalue weighted by molar-refractivity contribution is -0.142. The molecule has 13 heavy (non-hydrogen) atoms. The van der Waals surface area contributed by atoms with Crippen LogP contribution in [-0.2, 0) is 9.53 Å². The third kappa shape index (κ3) is 1.26. The molecule has 0 radical (unpaired) electrons. The Morgan fingerprint density at radius 3 is 3.08 bits per heavy atom. The first-order chi connectivity index (χ1) is 6.33. The minimum atomic E-state index is -0.249. The monoisotopic (exact) mass is 178 g/mol. The summed E-state index contributed by atoms with van der Waals surface area (Å²) < 4.78 is 10.0. The van der Waals surface area contributed by atoms with E-state index in [1.807, 2.05) is 24.3 Å². The molecule has 0 N–H and O–H groups in total. The van der Waals surface area contributed by atoms with E-state index in [2.05, 4.69) is 4.74 Å². The second-order valence-electron chi connectivity index (χ2n) is 2.92. The molecule has 1 unspecified atom stereocenters. The first kappa shape index (κ1) is 8.10. The van der Waals surface area contributed by atoms with Gasteiger partial charge in [0, 0.05) is 5.56 Å². The maximum Gasteiger partial charge on any atom is 0.316 e. The molecule has 1 aromatic rings. The fraction of sp³-hybridized carbons (Fsp3) is 0.300. The number of rotatable bonds is 1. The predicted octanol–water partition coefficient (Wildman–Crippen LogP) is 1.34. The van der Waals surface area contributed by atoms with Crippen molar-refractivity contribution < 1.29 is 14.3 Å². The summed E-state index contributed by atoms with van der Waals surface area (Å²) >= 11 is 0. The zero-order valence-electron chi connectivity index (χ0n) is 7.32. The van der Waals surface area contributed by atoms with Crippen LogP contribution in [0.4, 0.5) is 0 Å². The number of fused-ring (bicyclic) bond motifs is 1. The molecule has 0 fully saturated rings. The average Bonchev–Trinajstić information content (AvgIpc) is 2.60. The number of carbonyl (C=O) groups is 1. The summed E-state index contributed by atoms with van der Waals surface area (Å²) in [6.07, 6.45) is 0.